The summed E-state index contributed by atoms with van der Waals surface area (Å²) in [5.41, 5.74) is 1.95. The highest BCUT2D eigenvalue weighted by molar-refractivity contribution is 6.30. The van der Waals surface area contributed by atoms with Crippen LogP contribution in [0.2, 0.25) is 10.0 Å². The number of ether oxygens (including phenoxy) is 2. The molecule has 244 valence electrons. The lowest BCUT2D eigenvalue weighted by molar-refractivity contribution is -0.178. The van der Waals surface area contributed by atoms with E-state index in [1.807, 2.05) is 48.5 Å². The molecule has 3 aromatic carbocycles. The summed E-state index contributed by atoms with van der Waals surface area (Å²) in [5.74, 6) is -2.38. The molecule has 3 aromatic rings. The maximum absolute atomic E-state index is 13.3. The summed E-state index contributed by atoms with van der Waals surface area (Å²) in [6, 6.07) is 22.2. The molecule has 0 N–H and O–H groups in total. The Bertz CT molecular complexity index is 1360. The molecule has 0 radical (unpaired) electrons. The largest absolute Gasteiger partial charge is 0.482 e. The van der Waals surface area contributed by atoms with Gasteiger partial charge in [0, 0.05) is 16.5 Å². The number of esters is 1. The summed E-state index contributed by atoms with van der Waals surface area (Å²) in [5, 5.41) is 1.31. The van der Waals surface area contributed by atoms with Crippen molar-refractivity contribution in [3.05, 3.63) is 99.5 Å². The van der Waals surface area contributed by atoms with Crippen LogP contribution in [0, 0.1) is 0 Å². The van der Waals surface area contributed by atoms with Crippen molar-refractivity contribution in [1.29, 1.82) is 0 Å². The van der Waals surface area contributed by atoms with Gasteiger partial charge in [0.05, 0.1) is 5.54 Å². The number of alkyl halides is 3. The third-order valence-corrected chi connectivity index (χ3v) is 8.08. The van der Waals surface area contributed by atoms with E-state index in [0.717, 1.165) is 29.7 Å². The average Bonchev–Trinajstić information content (AvgIpc) is 2.96. The molecule has 0 aliphatic rings. The van der Waals surface area contributed by atoms with Crippen LogP contribution in [0.5, 0.6) is 5.75 Å². The third kappa shape index (κ3) is 10.8. The summed E-state index contributed by atoms with van der Waals surface area (Å²) in [6.45, 7) is 7.99. The zero-order chi connectivity index (χ0) is 33.4. The maximum Gasteiger partial charge on any atom is 0.453 e. The lowest BCUT2D eigenvalue weighted by Gasteiger charge is -2.40. The van der Waals surface area contributed by atoms with E-state index in [9.17, 15) is 22.8 Å². The third-order valence-electron chi connectivity index (χ3n) is 7.58. The molecular weight excluding hydrogens is 626 g/mol. The van der Waals surface area contributed by atoms with Crippen molar-refractivity contribution in [2.24, 2.45) is 0 Å². The second kappa shape index (κ2) is 15.5. The number of carbonyl (C=O) groups excluding carboxylic acids is 2. The van der Waals surface area contributed by atoms with Crippen molar-refractivity contribution in [2.45, 2.75) is 83.2 Å². The topological polar surface area (TPSA) is 55.8 Å². The summed E-state index contributed by atoms with van der Waals surface area (Å²) < 4.78 is 50.5. The highest BCUT2D eigenvalue weighted by Crippen LogP contribution is 2.36. The van der Waals surface area contributed by atoms with E-state index in [1.165, 1.54) is 0 Å². The first-order valence-electron chi connectivity index (χ1n) is 14.8. The second-order valence-corrected chi connectivity index (χ2v) is 13.1. The van der Waals surface area contributed by atoms with Crippen LogP contribution in [-0.2, 0) is 26.3 Å². The monoisotopic (exact) mass is 665 g/mol. The van der Waals surface area contributed by atoms with Crippen LogP contribution >= 0.6 is 23.2 Å². The van der Waals surface area contributed by atoms with E-state index in [0.29, 0.717) is 16.5 Å². The van der Waals surface area contributed by atoms with E-state index in [-0.39, 0.29) is 25.0 Å². The van der Waals surface area contributed by atoms with Gasteiger partial charge in [0.1, 0.15) is 11.4 Å². The van der Waals surface area contributed by atoms with Crippen molar-refractivity contribution in [3.8, 4) is 5.75 Å². The second-order valence-electron chi connectivity index (χ2n) is 12.2. The molecule has 0 aromatic heterocycles. The Morgan fingerprint density at radius 3 is 1.78 bits per heavy atom. The minimum atomic E-state index is -5.06. The fourth-order valence-electron chi connectivity index (χ4n) is 5.05. The number of hydrogen-bond acceptors (Lipinski definition) is 5. The Balaban J connectivity index is 1.63. The molecule has 0 heterocycles. The van der Waals surface area contributed by atoms with Gasteiger partial charge in [0.15, 0.2) is 6.10 Å². The fourth-order valence-corrected chi connectivity index (χ4v) is 5.30. The van der Waals surface area contributed by atoms with E-state index in [1.54, 1.807) is 45.0 Å². The van der Waals surface area contributed by atoms with Gasteiger partial charge in [-0.2, -0.15) is 13.2 Å². The van der Waals surface area contributed by atoms with Crippen LogP contribution in [0.4, 0.5) is 13.2 Å². The van der Waals surface area contributed by atoms with Crippen LogP contribution in [0.1, 0.15) is 70.1 Å². The van der Waals surface area contributed by atoms with Gasteiger partial charge >= 0.3 is 12.1 Å². The van der Waals surface area contributed by atoms with Crippen molar-refractivity contribution in [3.63, 3.8) is 0 Å². The molecule has 5 nitrogen and oxygen atoms in total. The summed E-state index contributed by atoms with van der Waals surface area (Å²) in [4.78, 5) is 26.3. The van der Waals surface area contributed by atoms with Crippen molar-refractivity contribution in [2.75, 3.05) is 13.6 Å². The number of rotatable bonds is 14. The van der Waals surface area contributed by atoms with Gasteiger partial charge in [-0.15, -0.1) is 0 Å². The van der Waals surface area contributed by atoms with Gasteiger partial charge in [-0.05, 0) is 120 Å². The number of nitrogens with zero attached hydrogens (tertiary/aromatic N) is 1. The lowest BCUT2D eigenvalue weighted by atomic mass is 9.83. The highest BCUT2D eigenvalue weighted by atomic mass is 35.5. The number of benzene rings is 3. The predicted octanol–water partition coefficient (Wildman–Crippen LogP) is 9.21. The molecule has 1 unspecified atom stereocenters. The van der Waals surface area contributed by atoms with Crippen LogP contribution < -0.4 is 4.74 Å². The molecule has 0 amide bonds. The minimum absolute atomic E-state index is 0.0119. The molecule has 0 aliphatic carbocycles. The van der Waals surface area contributed by atoms with Crippen LogP contribution in [-0.4, -0.2) is 48.1 Å². The van der Waals surface area contributed by atoms with E-state index >= 15 is 0 Å². The standard InChI is InChI=1S/C35H40Cl2F3NO4/c1-33(2,3)45-31(42)10-6-9-30(32(43)35(38,39)40)44-29-21-11-24(12-22-29)8-7-23-41(5)34(4,25-13-17-27(36)18-14-25)26-15-19-28(37)20-16-26/h11-22,30H,6-10,23H2,1-5H3. The number of ketones is 1. The van der Waals surface area contributed by atoms with Gasteiger partial charge in [0.2, 0.25) is 0 Å². The zero-order valence-corrected chi connectivity index (χ0v) is 27.7. The molecule has 0 saturated carbocycles. The van der Waals surface area contributed by atoms with E-state index < -0.39 is 35.2 Å². The fraction of sp³-hybridized carbons (Fsp3) is 0.429. The van der Waals surface area contributed by atoms with Gasteiger partial charge in [-0.25, -0.2) is 0 Å². The smallest absolute Gasteiger partial charge is 0.453 e. The molecule has 0 spiro atoms. The summed E-state index contributed by atoms with van der Waals surface area (Å²) in [7, 11) is 2.06. The molecule has 10 heteroatoms. The average molecular weight is 667 g/mol. The predicted molar refractivity (Wildman–Crippen MR) is 172 cm³/mol. The number of halogens is 5. The Morgan fingerprint density at radius 2 is 1.31 bits per heavy atom. The van der Waals surface area contributed by atoms with Gasteiger partial charge in [0.25, 0.3) is 5.78 Å². The van der Waals surface area contributed by atoms with E-state index in [2.05, 4.69) is 18.9 Å². The Hall–Kier alpha value is -3.07. The Morgan fingerprint density at radius 1 is 0.800 bits per heavy atom. The SMILES string of the molecule is CN(CCCc1ccc(OC(CCCC(=O)OC(C)(C)C)C(=O)C(F)(F)F)cc1)C(C)(c1ccc(Cl)cc1)c1ccc(Cl)cc1. The van der Waals surface area contributed by atoms with Crippen LogP contribution in [0.25, 0.3) is 0 Å². The normalized spacial score (nSPS) is 13.0. The van der Waals surface area contributed by atoms with E-state index in [4.69, 9.17) is 32.7 Å². The highest BCUT2D eigenvalue weighted by Gasteiger charge is 2.44. The molecule has 45 heavy (non-hydrogen) atoms. The first-order valence-corrected chi connectivity index (χ1v) is 15.6. The van der Waals surface area contributed by atoms with Gasteiger partial charge in [-0.3, -0.25) is 14.5 Å². The molecule has 0 aliphatic heterocycles. The molecule has 0 saturated heterocycles. The summed E-state index contributed by atoms with van der Waals surface area (Å²) in [6.07, 6.45) is -5.69. The molecular formula is C35H40Cl2F3NO4. The van der Waals surface area contributed by atoms with Crippen molar-refractivity contribution in [1.82, 2.24) is 4.90 Å². The van der Waals surface area contributed by atoms with Crippen LogP contribution in [0.3, 0.4) is 0 Å². The van der Waals surface area contributed by atoms with Crippen molar-refractivity contribution < 1.29 is 32.2 Å². The van der Waals surface area contributed by atoms with Gasteiger partial charge < -0.3 is 9.47 Å². The molecule has 1 atom stereocenters. The lowest BCUT2D eigenvalue weighted by Crippen LogP contribution is -2.42. The first-order chi connectivity index (χ1) is 21.0. The number of aryl methyl sites for hydroxylation is 1. The molecule has 0 fully saturated rings. The number of hydrogen-bond donors (Lipinski definition) is 0. The quantitative estimate of drug-likeness (QED) is 0.161. The first kappa shape index (κ1) is 36.4. The zero-order valence-electron chi connectivity index (χ0n) is 26.2. The van der Waals surface area contributed by atoms with Gasteiger partial charge in [-0.1, -0.05) is 59.6 Å². The maximum atomic E-state index is 13.3. The van der Waals surface area contributed by atoms with Crippen LogP contribution in [0.15, 0.2) is 72.8 Å². The minimum Gasteiger partial charge on any atom is -0.482 e. The molecule has 0 bridgehead atoms. The number of carbonyl (C=O) groups is 2. The number of Topliss-reactive ketones (excluding diaryl/α,β-unsaturated/α-hetero) is 1. The van der Waals surface area contributed by atoms with Crippen molar-refractivity contribution >= 4 is 35.0 Å². The Labute approximate surface area is 273 Å². The Kier molecular flexibility index (Phi) is 12.5. The summed E-state index contributed by atoms with van der Waals surface area (Å²) >= 11 is 12.3. The molecule has 3 rings (SSSR count).